The standard InChI is InChI=1S/C22H22N2O3S2/c1-16-11-13-19(14-12-16)29(26,27)24(2)21-10-5-4-9-20(21)22(25)23-17-7-6-8-18(15-17)28-3/h4-15H,1-3H3,(H,23,25). The highest BCUT2D eigenvalue weighted by Crippen LogP contribution is 2.27. The minimum absolute atomic E-state index is 0.175. The van der Waals surface area contributed by atoms with Gasteiger partial charge in [-0.3, -0.25) is 9.10 Å². The number of sulfonamides is 1. The van der Waals surface area contributed by atoms with Gasteiger partial charge in [0.2, 0.25) is 0 Å². The molecule has 3 aromatic rings. The zero-order chi connectivity index (χ0) is 21.0. The fraction of sp³-hybridized carbons (Fsp3) is 0.136. The SMILES string of the molecule is CSc1cccc(NC(=O)c2ccccc2N(C)S(=O)(=O)c2ccc(C)cc2)c1. The van der Waals surface area contributed by atoms with Gasteiger partial charge in [-0.25, -0.2) is 8.42 Å². The maximum absolute atomic E-state index is 13.1. The summed E-state index contributed by atoms with van der Waals surface area (Å²) in [5.41, 5.74) is 2.21. The van der Waals surface area contributed by atoms with Crippen LogP contribution in [0, 0.1) is 6.92 Å². The third kappa shape index (κ3) is 4.63. The summed E-state index contributed by atoms with van der Waals surface area (Å²) in [6.07, 6.45) is 1.96. The second-order valence-corrected chi connectivity index (χ2v) is 9.34. The van der Waals surface area contributed by atoms with Crippen LogP contribution in [0.5, 0.6) is 0 Å². The summed E-state index contributed by atoms with van der Waals surface area (Å²) in [7, 11) is -2.34. The van der Waals surface area contributed by atoms with E-state index < -0.39 is 10.0 Å². The zero-order valence-corrected chi connectivity index (χ0v) is 18.0. The van der Waals surface area contributed by atoms with Gasteiger partial charge < -0.3 is 5.32 Å². The molecule has 0 spiro atoms. The summed E-state index contributed by atoms with van der Waals surface area (Å²) >= 11 is 1.58. The van der Waals surface area contributed by atoms with Crippen molar-refractivity contribution in [3.63, 3.8) is 0 Å². The fourth-order valence-corrected chi connectivity index (χ4v) is 4.51. The highest BCUT2D eigenvalue weighted by molar-refractivity contribution is 7.98. The van der Waals surface area contributed by atoms with Gasteiger partial charge in [0.15, 0.2) is 0 Å². The van der Waals surface area contributed by atoms with Crippen LogP contribution in [0.1, 0.15) is 15.9 Å². The van der Waals surface area contributed by atoms with E-state index in [0.717, 1.165) is 14.8 Å². The average molecular weight is 427 g/mol. The quantitative estimate of drug-likeness (QED) is 0.575. The number of amides is 1. The average Bonchev–Trinajstić information content (AvgIpc) is 2.73. The predicted octanol–water partition coefficient (Wildman–Crippen LogP) is 4.79. The summed E-state index contributed by atoms with van der Waals surface area (Å²) in [6, 6.07) is 20.8. The topological polar surface area (TPSA) is 66.5 Å². The number of hydrogen-bond donors (Lipinski definition) is 1. The summed E-state index contributed by atoms with van der Waals surface area (Å²) in [6.45, 7) is 1.89. The number of carbonyl (C=O) groups is 1. The van der Waals surface area contributed by atoms with Crippen LogP contribution in [0.15, 0.2) is 82.6 Å². The molecule has 0 aliphatic heterocycles. The Balaban J connectivity index is 1.93. The van der Waals surface area contributed by atoms with Crippen molar-refractivity contribution in [2.24, 2.45) is 0 Å². The molecule has 0 fully saturated rings. The highest BCUT2D eigenvalue weighted by Gasteiger charge is 2.25. The Morgan fingerprint density at radius 1 is 0.966 bits per heavy atom. The van der Waals surface area contributed by atoms with E-state index in [2.05, 4.69) is 5.32 Å². The molecule has 0 bridgehead atoms. The maximum Gasteiger partial charge on any atom is 0.264 e. The molecule has 0 unspecified atom stereocenters. The molecule has 0 saturated heterocycles. The van der Waals surface area contributed by atoms with Gasteiger partial charge in [-0.05, 0) is 55.6 Å². The molecule has 29 heavy (non-hydrogen) atoms. The van der Waals surface area contributed by atoms with Crippen LogP contribution in [0.3, 0.4) is 0 Å². The van der Waals surface area contributed by atoms with Gasteiger partial charge in [-0.15, -0.1) is 11.8 Å². The van der Waals surface area contributed by atoms with Crippen molar-refractivity contribution >= 4 is 39.1 Å². The minimum atomic E-state index is -3.80. The maximum atomic E-state index is 13.1. The van der Waals surface area contributed by atoms with Gasteiger partial charge in [0.1, 0.15) is 0 Å². The number of benzene rings is 3. The Kier molecular flexibility index (Phi) is 6.30. The Labute approximate surface area is 175 Å². The lowest BCUT2D eigenvalue weighted by Crippen LogP contribution is -2.29. The van der Waals surface area contributed by atoms with E-state index in [9.17, 15) is 13.2 Å². The lowest BCUT2D eigenvalue weighted by Gasteiger charge is -2.22. The van der Waals surface area contributed by atoms with Gasteiger partial charge in [0, 0.05) is 17.6 Å². The van der Waals surface area contributed by atoms with Crippen LogP contribution in [0.4, 0.5) is 11.4 Å². The van der Waals surface area contributed by atoms with Crippen molar-refractivity contribution in [2.45, 2.75) is 16.7 Å². The van der Waals surface area contributed by atoms with E-state index in [1.54, 1.807) is 66.4 Å². The third-order valence-corrected chi connectivity index (χ3v) is 7.01. The van der Waals surface area contributed by atoms with E-state index in [4.69, 9.17) is 0 Å². The Hall–Kier alpha value is -2.77. The molecular formula is C22H22N2O3S2. The van der Waals surface area contributed by atoms with Gasteiger partial charge in [-0.1, -0.05) is 35.9 Å². The molecule has 0 heterocycles. The highest BCUT2D eigenvalue weighted by atomic mass is 32.2. The summed E-state index contributed by atoms with van der Waals surface area (Å²) in [5.74, 6) is -0.371. The van der Waals surface area contributed by atoms with Crippen molar-refractivity contribution in [3.8, 4) is 0 Å². The molecule has 1 amide bonds. The molecule has 0 saturated carbocycles. The largest absolute Gasteiger partial charge is 0.322 e. The van der Waals surface area contributed by atoms with Gasteiger partial charge >= 0.3 is 0 Å². The number of anilines is 2. The molecule has 0 radical (unpaired) electrons. The molecule has 7 heteroatoms. The lowest BCUT2D eigenvalue weighted by molar-refractivity contribution is 0.102. The first-order valence-electron chi connectivity index (χ1n) is 8.93. The number of rotatable bonds is 6. The molecular weight excluding hydrogens is 404 g/mol. The Morgan fingerprint density at radius 3 is 2.34 bits per heavy atom. The first-order chi connectivity index (χ1) is 13.8. The Bertz CT molecular complexity index is 1130. The molecule has 3 rings (SSSR count). The summed E-state index contributed by atoms with van der Waals surface area (Å²) in [4.78, 5) is 14.1. The van der Waals surface area contributed by atoms with Crippen LogP contribution in [-0.2, 0) is 10.0 Å². The second-order valence-electron chi connectivity index (χ2n) is 6.49. The van der Waals surface area contributed by atoms with Crippen LogP contribution >= 0.6 is 11.8 Å². The number of para-hydroxylation sites is 1. The van der Waals surface area contributed by atoms with Crippen molar-refractivity contribution in [1.82, 2.24) is 0 Å². The molecule has 3 aromatic carbocycles. The predicted molar refractivity (Wildman–Crippen MR) is 119 cm³/mol. The number of aryl methyl sites for hydroxylation is 1. The van der Waals surface area contributed by atoms with Crippen molar-refractivity contribution in [2.75, 3.05) is 22.9 Å². The first kappa shape index (κ1) is 21.0. The van der Waals surface area contributed by atoms with Crippen molar-refractivity contribution in [1.29, 1.82) is 0 Å². The van der Waals surface area contributed by atoms with Crippen molar-refractivity contribution < 1.29 is 13.2 Å². The van der Waals surface area contributed by atoms with Crippen LogP contribution in [0.25, 0.3) is 0 Å². The van der Waals surface area contributed by atoms with Gasteiger partial charge in [0.25, 0.3) is 15.9 Å². The van der Waals surface area contributed by atoms with Crippen LogP contribution in [0.2, 0.25) is 0 Å². The van der Waals surface area contributed by atoms with E-state index in [0.29, 0.717) is 11.4 Å². The number of thioether (sulfide) groups is 1. The molecule has 150 valence electrons. The third-order valence-electron chi connectivity index (χ3n) is 4.49. The normalized spacial score (nSPS) is 11.1. The second kappa shape index (κ2) is 8.71. The fourth-order valence-electron chi connectivity index (χ4n) is 2.84. The molecule has 0 aliphatic rings. The summed E-state index contributed by atoms with van der Waals surface area (Å²) in [5, 5.41) is 2.85. The lowest BCUT2D eigenvalue weighted by atomic mass is 10.1. The van der Waals surface area contributed by atoms with Gasteiger partial charge in [0.05, 0.1) is 16.1 Å². The Morgan fingerprint density at radius 2 is 1.66 bits per heavy atom. The number of hydrogen-bond acceptors (Lipinski definition) is 4. The number of carbonyl (C=O) groups excluding carboxylic acids is 1. The first-order valence-corrected chi connectivity index (χ1v) is 11.6. The summed E-state index contributed by atoms with van der Waals surface area (Å²) < 4.78 is 27.2. The van der Waals surface area contributed by atoms with Gasteiger partial charge in [-0.2, -0.15) is 0 Å². The van der Waals surface area contributed by atoms with E-state index in [-0.39, 0.29) is 16.4 Å². The number of nitrogens with one attached hydrogen (secondary N) is 1. The molecule has 0 aromatic heterocycles. The van der Waals surface area contributed by atoms with Crippen LogP contribution < -0.4 is 9.62 Å². The zero-order valence-electron chi connectivity index (χ0n) is 16.4. The minimum Gasteiger partial charge on any atom is -0.322 e. The molecule has 0 atom stereocenters. The van der Waals surface area contributed by atoms with E-state index in [1.807, 2.05) is 31.4 Å². The monoisotopic (exact) mass is 426 g/mol. The van der Waals surface area contributed by atoms with E-state index >= 15 is 0 Å². The van der Waals surface area contributed by atoms with Crippen molar-refractivity contribution in [3.05, 3.63) is 83.9 Å². The smallest absolute Gasteiger partial charge is 0.264 e. The number of nitrogens with zero attached hydrogens (tertiary/aromatic N) is 1. The molecule has 0 aliphatic carbocycles. The molecule has 1 N–H and O–H groups in total. The van der Waals surface area contributed by atoms with E-state index in [1.165, 1.54) is 7.05 Å². The van der Waals surface area contributed by atoms with Crippen LogP contribution in [-0.4, -0.2) is 27.6 Å². The molecule has 5 nitrogen and oxygen atoms in total.